The van der Waals surface area contributed by atoms with E-state index in [4.69, 9.17) is 22.3 Å². The van der Waals surface area contributed by atoms with Crippen LogP contribution in [0.1, 0.15) is 45.7 Å². The van der Waals surface area contributed by atoms with E-state index in [0.29, 0.717) is 23.9 Å². The van der Waals surface area contributed by atoms with E-state index < -0.39 is 6.04 Å². The zero-order chi connectivity index (χ0) is 21.4. The normalized spacial score (nSPS) is 15.2. The lowest BCUT2D eigenvalue weighted by molar-refractivity contribution is -0.121. The van der Waals surface area contributed by atoms with E-state index in [1.54, 1.807) is 11.3 Å². The average molecular weight is 443 g/mol. The molecule has 3 N–H and O–H groups in total. The van der Waals surface area contributed by atoms with Crippen LogP contribution in [0.25, 0.3) is 5.00 Å². The number of nitrogens with two attached hydrogens (primary N) is 1. The fourth-order valence-corrected chi connectivity index (χ4v) is 4.93. The first-order chi connectivity index (χ1) is 14.4. The molecule has 0 unspecified atom stereocenters. The Hall–Kier alpha value is -2.55. The highest BCUT2D eigenvalue weighted by Crippen LogP contribution is 2.39. The van der Waals surface area contributed by atoms with E-state index in [-0.39, 0.29) is 12.3 Å². The Bertz CT molecular complexity index is 1130. The lowest BCUT2D eigenvalue weighted by Crippen LogP contribution is -2.30. The van der Waals surface area contributed by atoms with E-state index >= 15 is 0 Å². The number of hydrogen-bond donors (Lipinski definition) is 2. The molecule has 0 saturated heterocycles. The number of nitrogens with zero attached hydrogens (tertiary/aromatic N) is 4. The summed E-state index contributed by atoms with van der Waals surface area (Å²) >= 11 is 7.80. The smallest absolute Gasteiger partial charge is 0.222 e. The van der Waals surface area contributed by atoms with Crippen molar-refractivity contribution in [1.82, 2.24) is 20.1 Å². The van der Waals surface area contributed by atoms with Crippen molar-refractivity contribution >= 4 is 34.6 Å². The van der Waals surface area contributed by atoms with Crippen LogP contribution in [0.5, 0.6) is 0 Å². The molecule has 0 saturated carbocycles. The lowest BCUT2D eigenvalue weighted by atomic mass is 9.99. The Kier molecular flexibility index (Phi) is 5.73. The van der Waals surface area contributed by atoms with Crippen LogP contribution in [0, 0.1) is 20.8 Å². The van der Waals surface area contributed by atoms with Crippen molar-refractivity contribution in [3.63, 3.8) is 0 Å². The van der Waals surface area contributed by atoms with E-state index in [1.165, 1.54) is 4.88 Å². The van der Waals surface area contributed by atoms with Crippen molar-refractivity contribution in [2.45, 2.75) is 33.2 Å². The summed E-state index contributed by atoms with van der Waals surface area (Å²) in [7, 11) is 0. The molecule has 1 aliphatic heterocycles. The second kappa shape index (κ2) is 8.29. The number of carbonyl (C=O) groups is 1. The van der Waals surface area contributed by atoms with E-state index in [2.05, 4.69) is 29.4 Å². The van der Waals surface area contributed by atoms with Gasteiger partial charge in [-0.15, -0.1) is 21.5 Å². The number of hydrogen-bond acceptors (Lipinski definition) is 6. The SMILES string of the molecule is Cc1sc2c(c1C)C(c1ccc(Cl)cc1)=N[C@@H](CC(=O)NCCN)c1nnc(C)n1-2. The molecule has 0 radical (unpaired) electrons. The van der Waals surface area contributed by atoms with E-state index in [1.807, 2.05) is 35.8 Å². The number of carbonyl (C=O) groups excluding carboxylic acids is 1. The third-order valence-electron chi connectivity index (χ3n) is 5.20. The van der Waals surface area contributed by atoms with Crippen LogP contribution >= 0.6 is 22.9 Å². The molecule has 30 heavy (non-hydrogen) atoms. The molecule has 0 spiro atoms. The molecule has 1 atom stereocenters. The third kappa shape index (κ3) is 3.66. The lowest BCUT2D eigenvalue weighted by Gasteiger charge is -2.13. The molecule has 2 aromatic heterocycles. The molecule has 0 fully saturated rings. The van der Waals surface area contributed by atoms with Crippen molar-refractivity contribution in [3.05, 3.63) is 62.5 Å². The van der Waals surface area contributed by atoms with E-state index in [0.717, 1.165) is 33.2 Å². The largest absolute Gasteiger partial charge is 0.355 e. The maximum absolute atomic E-state index is 12.5. The van der Waals surface area contributed by atoms with Crippen LogP contribution < -0.4 is 11.1 Å². The minimum absolute atomic E-state index is 0.116. The standard InChI is InChI=1S/C21H23ClN6OS/c1-11-12(2)30-21-18(11)19(14-4-6-15(22)7-5-14)25-16(10-17(29)24-9-8-23)20-27-26-13(3)28(20)21/h4-7,16H,8-10,23H2,1-3H3,(H,24,29)/t16-/m0/s1. The maximum Gasteiger partial charge on any atom is 0.222 e. The highest BCUT2D eigenvalue weighted by molar-refractivity contribution is 7.15. The van der Waals surface area contributed by atoms with Crippen LogP contribution in [0.2, 0.25) is 5.02 Å². The summed E-state index contributed by atoms with van der Waals surface area (Å²) in [6.07, 6.45) is 0.169. The second-order valence-electron chi connectivity index (χ2n) is 7.25. The summed E-state index contributed by atoms with van der Waals surface area (Å²) in [5, 5.41) is 13.2. The van der Waals surface area contributed by atoms with Crippen molar-refractivity contribution in [3.8, 4) is 5.00 Å². The number of halogens is 1. The summed E-state index contributed by atoms with van der Waals surface area (Å²) in [4.78, 5) is 18.8. The van der Waals surface area contributed by atoms with Gasteiger partial charge in [-0.05, 0) is 38.5 Å². The number of rotatable bonds is 5. The number of benzene rings is 1. The molecule has 9 heteroatoms. The van der Waals surface area contributed by atoms with Crippen LogP contribution in [0.15, 0.2) is 29.3 Å². The van der Waals surface area contributed by atoms with Crippen molar-refractivity contribution in [1.29, 1.82) is 0 Å². The second-order valence-corrected chi connectivity index (χ2v) is 8.89. The van der Waals surface area contributed by atoms with Gasteiger partial charge in [-0.1, -0.05) is 23.7 Å². The van der Waals surface area contributed by atoms with Crippen molar-refractivity contribution < 1.29 is 4.79 Å². The van der Waals surface area contributed by atoms with Crippen LogP contribution in [0.3, 0.4) is 0 Å². The molecule has 1 amide bonds. The zero-order valence-corrected chi connectivity index (χ0v) is 18.6. The topological polar surface area (TPSA) is 98.2 Å². The number of aromatic nitrogens is 3. The summed E-state index contributed by atoms with van der Waals surface area (Å²) < 4.78 is 2.04. The van der Waals surface area contributed by atoms with Gasteiger partial charge in [0.1, 0.15) is 16.9 Å². The summed E-state index contributed by atoms with van der Waals surface area (Å²) in [6.45, 7) is 6.94. The molecular formula is C21H23ClN6OS. The monoisotopic (exact) mass is 442 g/mol. The molecule has 4 rings (SSSR count). The quantitative estimate of drug-likeness (QED) is 0.633. The molecule has 0 bridgehead atoms. The van der Waals surface area contributed by atoms with Gasteiger partial charge in [-0.3, -0.25) is 14.4 Å². The Labute approximate surface area is 184 Å². The van der Waals surface area contributed by atoms with E-state index in [9.17, 15) is 4.79 Å². The van der Waals surface area contributed by atoms with Gasteiger partial charge in [0.2, 0.25) is 5.91 Å². The zero-order valence-electron chi connectivity index (χ0n) is 17.1. The number of nitrogens with one attached hydrogen (secondary N) is 1. The maximum atomic E-state index is 12.5. The minimum atomic E-state index is -0.464. The Balaban J connectivity index is 1.91. The van der Waals surface area contributed by atoms with Gasteiger partial charge >= 0.3 is 0 Å². The molecule has 1 aromatic carbocycles. The van der Waals surface area contributed by atoms with Crippen LogP contribution in [-0.4, -0.2) is 39.5 Å². The van der Waals surface area contributed by atoms with Gasteiger partial charge in [0.05, 0.1) is 12.1 Å². The van der Waals surface area contributed by atoms with Crippen LogP contribution in [0.4, 0.5) is 0 Å². The van der Waals surface area contributed by atoms with Gasteiger partial charge < -0.3 is 11.1 Å². The molecule has 3 heterocycles. The van der Waals surface area contributed by atoms with Crippen molar-refractivity contribution in [2.24, 2.45) is 10.7 Å². The molecule has 7 nitrogen and oxygen atoms in total. The molecular weight excluding hydrogens is 420 g/mol. The summed E-state index contributed by atoms with van der Waals surface area (Å²) in [5.74, 6) is 1.32. The molecule has 156 valence electrons. The fraction of sp³-hybridized carbons (Fsp3) is 0.333. The summed E-state index contributed by atoms with van der Waals surface area (Å²) in [6, 6.07) is 7.16. The molecule has 3 aromatic rings. The van der Waals surface area contributed by atoms with Gasteiger partial charge in [0.25, 0.3) is 0 Å². The Morgan fingerprint density at radius 1 is 1.23 bits per heavy atom. The van der Waals surface area contributed by atoms with Gasteiger partial charge in [0.15, 0.2) is 5.82 Å². The fourth-order valence-electron chi connectivity index (χ4n) is 3.59. The number of thiophene rings is 1. The summed E-state index contributed by atoms with van der Waals surface area (Å²) in [5.41, 5.74) is 9.52. The average Bonchev–Trinajstić information content (AvgIpc) is 3.19. The number of aliphatic imine (C=N–C) groups is 1. The molecule has 0 aliphatic carbocycles. The first-order valence-electron chi connectivity index (χ1n) is 9.73. The third-order valence-corrected chi connectivity index (χ3v) is 6.65. The predicted molar refractivity (Wildman–Crippen MR) is 120 cm³/mol. The number of fused-ring (bicyclic) bond motifs is 3. The Morgan fingerprint density at radius 3 is 2.67 bits per heavy atom. The first kappa shape index (κ1) is 20.7. The predicted octanol–water partition coefficient (Wildman–Crippen LogP) is 3.26. The van der Waals surface area contributed by atoms with Crippen molar-refractivity contribution in [2.75, 3.05) is 13.1 Å². The van der Waals surface area contributed by atoms with Crippen LogP contribution in [-0.2, 0) is 4.79 Å². The first-order valence-corrected chi connectivity index (χ1v) is 10.9. The van der Waals surface area contributed by atoms with Gasteiger partial charge in [0, 0.05) is 34.1 Å². The number of amides is 1. The number of aryl methyl sites for hydroxylation is 2. The molecule has 1 aliphatic rings. The highest BCUT2D eigenvalue weighted by atomic mass is 35.5. The Morgan fingerprint density at radius 2 is 1.97 bits per heavy atom. The van der Waals surface area contributed by atoms with Gasteiger partial charge in [-0.2, -0.15) is 0 Å². The minimum Gasteiger partial charge on any atom is -0.355 e. The highest BCUT2D eigenvalue weighted by Gasteiger charge is 2.32. The van der Waals surface area contributed by atoms with Gasteiger partial charge in [-0.25, -0.2) is 0 Å².